The van der Waals surface area contributed by atoms with E-state index in [1.54, 1.807) is 7.11 Å². The molecule has 0 atom stereocenters. The van der Waals surface area contributed by atoms with Gasteiger partial charge in [-0.15, -0.1) is 0 Å². The third kappa shape index (κ3) is 2.19. The molecule has 2 aromatic rings. The van der Waals surface area contributed by atoms with Crippen molar-refractivity contribution in [2.75, 3.05) is 25.6 Å². The van der Waals surface area contributed by atoms with Crippen molar-refractivity contribution < 1.29 is 9.47 Å². The van der Waals surface area contributed by atoms with Gasteiger partial charge in [-0.3, -0.25) is 4.98 Å². The SMILES string of the molecule is CCNc1c2c(nc3cc(OC)c(Cl)cc13)CCOC2. The van der Waals surface area contributed by atoms with Crippen molar-refractivity contribution in [1.82, 2.24) is 4.98 Å². The monoisotopic (exact) mass is 292 g/mol. The van der Waals surface area contributed by atoms with Gasteiger partial charge in [0.15, 0.2) is 0 Å². The van der Waals surface area contributed by atoms with E-state index in [4.69, 9.17) is 26.1 Å². The summed E-state index contributed by atoms with van der Waals surface area (Å²) < 4.78 is 10.8. The van der Waals surface area contributed by atoms with Gasteiger partial charge >= 0.3 is 0 Å². The van der Waals surface area contributed by atoms with Crippen LogP contribution in [0.2, 0.25) is 5.02 Å². The normalized spacial score (nSPS) is 14.2. The number of rotatable bonds is 3. The van der Waals surface area contributed by atoms with Crippen LogP contribution in [0.3, 0.4) is 0 Å². The molecule has 2 heterocycles. The summed E-state index contributed by atoms with van der Waals surface area (Å²) in [6, 6.07) is 3.81. The molecule has 0 radical (unpaired) electrons. The Labute approximate surface area is 123 Å². The van der Waals surface area contributed by atoms with Gasteiger partial charge in [0.1, 0.15) is 5.75 Å². The number of halogens is 1. The van der Waals surface area contributed by atoms with Crippen molar-refractivity contribution in [3.8, 4) is 5.75 Å². The molecule has 0 amide bonds. The zero-order valence-corrected chi connectivity index (χ0v) is 12.4. The standard InChI is InChI=1S/C15H17ClN2O2/c1-3-17-15-9-6-11(16)14(19-2)7-13(9)18-12-4-5-20-8-10(12)15/h6-7H,3-5,8H2,1-2H3,(H,17,18). The largest absolute Gasteiger partial charge is 0.495 e. The molecule has 5 heteroatoms. The van der Waals surface area contributed by atoms with Crippen molar-refractivity contribution in [3.05, 3.63) is 28.4 Å². The van der Waals surface area contributed by atoms with Crippen molar-refractivity contribution in [3.63, 3.8) is 0 Å². The lowest BCUT2D eigenvalue weighted by atomic mass is 10.0. The number of ether oxygens (including phenoxy) is 2. The summed E-state index contributed by atoms with van der Waals surface area (Å²) in [4.78, 5) is 4.75. The maximum absolute atomic E-state index is 6.25. The Kier molecular flexibility index (Phi) is 3.68. The molecule has 20 heavy (non-hydrogen) atoms. The molecular formula is C15H17ClN2O2. The Morgan fingerprint density at radius 3 is 3.05 bits per heavy atom. The molecule has 0 bridgehead atoms. The van der Waals surface area contributed by atoms with Crippen LogP contribution < -0.4 is 10.1 Å². The smallest absolute Gasteiger partial charge is 0.139 e. The molecular weight excluding hydrogens is 276 g/mol. The molecule has 3 rings (SSSR count). The topological polar surface area (TPSA) is 43.4 Å². The average Bonchev–Trinajstić information content (AvgIpc) is 2.47. The van der Waals surface area contributed by atoms with E-state index in [1.807, 2.05) is 12.1 Å². The molecule has 1 N–H and O–H groups in total. The van der Waals surface area contributed by atoms with Gasteiger partial charge in [0, 0.05) is 30.0 Å². The predicted molar refractivity (Wildman–Crippen MR) is 80.8 cm³/mol. The number of benzene rings is 1. The minimum Gasteiger partial charge on any atom is -0.495 e. The Hall–Kier alpha value is -1.52. The molecule has 1 aromatic carbocycles. The van der Waals surface area contributed by atoms with Gasteiger partial charge in [-0.1, -0.05) is 11.6 Å². The van der Waals surface area contributed by atoms with Crippen LogP contribution in [-0.2, 0) is 17.8 Å². The maximum atomic E-state index is 6.25. The Morgan fingerprint density at radius 2 is 2.30 bits per heavy atom. The zero-order valence-electron chi connectivity index (χ0n) is 11.6. The minimum atomic E-state index is 0.595. The fourth-order valence-electron chi connectivity index (χ4n) is 2.60. The first-order valence-corrected chi connectivity index (χ1v) is 7.13. The fourth-order valence-corrected chi connectivity index (χ4v) is 2.84. The van der Waals surface area contributed by atoms with Crippen molar-refractivity contribution >= 4 is 28.2 Å². The molecule has 1 aromatic heterocycles. The highest BCUT2D eigenvalue weighted by Crippen LogP contribution is 2.36. The number of methoxy groups -OCH3 is 1. The fraction of sp³-hybridized carbons (Fsp3) is 0.400. The van der Waals surface area contributed by atoms with Crippen LogP contribution in [0, 0.1) is 0 Å². The zero-order chi connectivity index (χ0) is 14.1. The molecule has 4 nitrogen and oxygen atoms in total. The lowest BCUT2D eigenvalue weighted by Crippen LogP contribution is -2.15. The van der Waals surface area contributed by atoms with E-state index < -0.39 is 0 Å². The van der Waals surface area contributed by atoms with Crippen LogP contribution in [0.5, 0.6) is 5.75 Å². The van der Waals surface area contributed by atoms with Crippen LogP contribution in [-0.4, -0.2) is 25.2 Å². The van der Waals surface area contributed by atoms with E-state index in [-0.39, 0.29) is 0 Å². The molecule has 0 saturated carbocycles. The van der Waals surface area contributed by atoms with Crippen LogP contribution in [0.15, 0.2) is 12.1 Å². The number of aromatic nitrogens is 1. The van der Waals surface area contributed by atoms with Crippen molar-refractivity contribution in [1.29, 1.82) is 0 Å². The second-order valence-electron chi connectivity index (χ2n) is 4.75. The summed E-state index contributed by atoms with van der Waals surface area (Å²) >= 11 is 6.25. The van der Waals surface area contributed by atoms with Crippen LogP contribution >= 0.6 is 11.6 Å². The summed E-state index contributed by atoms with van der Waals surface area (Å²) in [6.45, 7) is 4.24. The second-order valence-corrected chi connectivity index (χ2v) is 5.16. The summed E-state index contributed by atoms with van der Waals surface area (Å²) in [5.74, 6) is 0.654. The van der Waals surface area contributed by atoms with Gasteiger partial charge in [-0.25, -0.2) is 0 Å². The number of anilines is 1. The first-order chi connectivity index (χ1) is 9.74. The average molecular weight is 293 g/mol. The predicted octanol–water partition coefficient (Wildman–Crippen LogP) is 3.40. The summed E-state index contributed by atoms with van der Waals surface area (Å²) in [7, 11) is 1.62. The number of pyridine rings is 1. The van der Waals surface area contributed by atoms with Gasteiger partial charge in [0.25, 0.3) is 0 Å². The molecule has 1 aliphatic heterocycles. The number of hydrogen-bond acceptors (Lipinski definition) is 4. The molecule has 0 saturated heterocycles. The van der Waals surface area contributed by atoms with E-state index in [1.165, 1.54) is 0 Å². The highest BCUT2D eigenvalue weighted by atomic mass is 35.5. The van der Waals surface area contributed by atoms with Crippen molar-refractivity contribution in [2.24, 2.45) is 0 Å². The summed E-state index contributed by atoms with van der Waals surface area (Å²) in [5, 5.41) is 5.03. The number of nitrogens with one attached hydrogen (secondary N) is 1. The maximum Gasteiger partial charge on any atom is 0.139 e. The van der Waals surface area contributed by atoms with Gasteiger partial charge in [-0.05, 0) is 13.0 Å². The third-order valence-corrected chi connectivity index (χ3v) is 3.82. The first-order valence-electron chi connectivity index (χ1n) is 6.75. The molecule has 0 aliphatic carbocycles. The lowest BCUT2D eigenvalue weighted by Gasteiger charge is -2.22. The van der Waals surface area contributed by atoms with Crippen LogP contribution in [0.25, 0.3) is 10.9 Å². The third-order valence-electron chi connectivity index (χ3n) is 3.53. The van der Waals surface area contributed by atoms with E-state index in [2.05, 4.69) is 12.2 Å². The van der Waals surface area contributed by atoms with Crippen molar-refractivity contribution in [2.45, 2.75) is 20.0 Å². The molecule has 0 fully saturated rings. The molecule has 0 spiro atoms. The van der Waals surface area contributed by atoms with Crippen LogP contribution in [0.1, 0.15) is 18.2 Å². The summed E-state index contributed by atoms with van der Waals surface area (Å²) in [5.41, 5.74) is 4.23. The molecule has 0 unspecified atom stereocenters. The van der Waals surface area contributed by atoms with E-state index in [0.717, 1.165) is 47.4 Å². The Morgan fingerprint density at radius 1 is 1.45 bits per heavy atom. The minimum absolute atomic E-state index is 0.595. The highest BCUT2D eigenvalue weighted by molar-refractivity contribution is 6.33. The van der Waals surface area contributed by atoms with Gasteiger partial charge < -0.3 is 14.8 Å². The first kappa shape index (κ1) is 13.5. The van der Waals surface area contributed by atoms with Gasteiger partial charge in [0.05, 0.1) is 42.2 Å². The van der Waals surface area contributed by atoms with Gasteiger partial charge in [0.2, 0.25) is 0 Å². The highest BCUT2D eigenvalue weighted by Gasteiger charge is 2.19. The summed E-state index contributed by atoms with van der Waals surface area (Å²) in [6.07, 6.45) is 0.842. The number of hydrogen-bond donors (Lipinski definition) is 1. The van der Waals surface area contributed by atoms with E-state index in [0.29, 0.717) is 17.4 Å². The van der Waals surface area contributed by atoms with E-state index in [9.17, 15) is 0 Å². The Bertz CT molecular complexity index is 658. The number of fused-ring (bicyclic) bond motifs is 2. The Balaban J connectivity index is 2.29. The molecule has 106 valence electrons. The van der Waals surface area contributed by atoms with Gasteiger partial charge in [-0.2, -0.15) is 0 Å². The lowest BCUT2D eigenvalue weighted by molar-refractivity contribution is 0.110. The molecule has 1 aliphatic rings. The number of nitrogens with zero attached hydrogens (tertiary/aromatic N) is 1. The van der Waals surface area contributed by atoms with Crippen LogP contribution in [0.4, 0.5) is 5.69 Å². The quantitative estimate of drug-likeness (QED) is 0.941. The van der Waals surface area contributed by atoms with E-state index >= 15 is 0 Å². The second kappa shape index (κ2) is 5.46.